The van der Waals surface area contributed by atoms with Crippen LogP contribution >= 0.6 is 11.3 Å². The van der Waals surface area contributed by atoms with Crippen LogP contribution in [0, 0.1) is 12.8 Å². The molecular formula is C13H22N2O2S. The summed E-state index contributed by atoms with van der Waals surface area (Å²) in [6, 6.07) is 0. The summed E-state index contributed by atoms with van der Waals surface area (Å²) in [4.78, 5) is 15.9. The Morgan fingerprint density at radius 3 is 2.67 bits per heavy atom. The molecule has 0 fully saturated rings. The Morgan fingerprint density at radius 2 is 2.17 bits per heavy atom. The van der Waals surface area contributed by atoms with Crippen molar-refractivity contribution >= 4 is 17.2 Å². The topological polar surface area (TPSA) is 62.2 Å². The highest BCUT2D eigenvalue weighted by molar-refractivity contribution is 7.09. The van der Waals surface area contributed by atoms with Gasteiger partial charge in [0.15, 0.2) is 0 Å². The van der Waals surface area contributed by atoms with E-state index in [1.54, 1.807) is 11.3 Å². The Labute approximate surface area is 112 Å². The van der Waals surface area contributed by atoms with Gasteiger partial charge < -0.3 is 10.4 Å². The fourth-order valence-electron chi connectivity index (χ4n) is 1.93. The first-order valence-electron chi connectivity index (χ1n) is 6.42. The van der Waals surface area contributed by atoms with Crippen molar-refractivity contribution in [3.63, 3.8) is 0 Å². The van der Waals surface area contributed by atoms with Crippen molar-refractivity contribution in [2.45, 2.75) is 46.1 Å². The molecule has 2 N–H and O–H groups in total. The predicted molar refractivity (Wildman–Crippen MR) is 73.6 cm³/mol. The molecule has 0 aromatic carbocycles. The Balaban J connectivity index is 2.32. The van der Waals surface area contributed by atoms with Crippen molar-refractivity contribution in [1.82, 2.24) is 10.3 Å². The molecular weight excluding hydrogens is 248 g/mol. The van der Waals surface area contributed by atoms with Crippen molar-refractivity contribution in [2.75, 3.05) is 6.54 Å². The summed E-state index contributed by atoms with van der Waals surface area (Å²) < 4.78 is 0. The number of hydrogen-bond donors (Lipinski definition) is 2. The van der Waals surface area contributed by atoms with Crippen molar-refractivity contribution in [3.05, 3.63) is 16.1 Å². The summed E-state index contributed by atoms with van der Waals surface area (Å²) in [7, 11) is 0. The lowest BCUT2D eigenvalue weighted by Gasteiger charge is -2.20. The average molecular weight is 270 g/mol. The molecule has 102 valence electrons. The highest BCUT2D eigenvalue weighted by Crippen LogP contribution is 2.12. The number of carbonyl (C=O) groups is 1. The lowest BCUT2D eigenvalue weighted by atomic mass is 9.96. The molecule has 0 saturated heterocycles. The lowest BCUT2D eigenvalue weighted by molar-refractivity contribution is -0.121. The molecule has 0 aliphatic rings. The van der Waals surface area contributed by atoms with Crippen molar-refractivity contribution in [3.8, 4) is 0 Å². The van der Waals surface area contributed by atoms with Crippen LogP contribution in [0.25, 0.3) is 0 Å². The van der Waals surface area contributed by atoms with Gasteiger partial charge in [-0.15, -0.1) is 11.3 Å². The largest absolute Gasteiger partial charge is 0.391 e. The number of hydrogen-bond acceptors (Lipinski definition) is 4. The van der Waals surface area contributed by atoms with E-state index in [1.165, 1.54) is 0 Å². The summed E-state index contributed by atoms with van der Waals surface area (Å²) in [5.74, 6) is 0.178. The number of rotatable bonds is 7. The van der Waals surface area contributed by atoms with Gasteiger partial charge in [0, 0.05) is 11.9 Å². The minimum absolute atomic E-state index is 0.0784. The monoisotopic (exact) mass is 270 g/mol. The first-order valence-corrected chi connectivity index (χ1v) is 7.30. The van der Waals surface area contributed by atoms with Gasteiger partial charge in [0.25, 0.3) is 0 Å². The molecule has 18 heavy (non-hydrogen) atoms. The van der Waals surface area contributed by atoms with E-state index in [0.717, 1.165) is 23.5 Å². The predicted octanol–water partition coefficient (Wildman–Crippen LogP) is 1.91. The van der Waals surface area contributed by atoms with Gasteiger partial charge in [0.1, 0.15) is 0 Å². The summed E-state index contributed by atoms with van der Waals surface area (Å²) in [5, 5.41) is 15.5. The van der Waals surface area contributed by atoms with Gasteiger partial charge in [-0.05, 0) is 12.8 Å². The Morgan fingerprint density at radius 1 is 1.50 bits per heavy atom. The molecule has 1 heterocycles. The lowest BCUT2D eigenvalue weighted by Crippen LogP contribution is -2.36. The molecule has 0 saturated carbocycles. The SMILES string of the molecule is CCC(CC)C(O)CNC(=O)Cc1csc(C)n1. The highest BCUT2D eigenvalue weighted by atomic mass is 32.1. The third kappa shape index (κ3) is 4.74. The second kappa shape index (κ2) is 7.48. The Kier molecular flexibility index (Phi) is 6.29. The molecule has 1 rings (SSSR count). The number of nitrogens with one attached hydrogen (secondary N) is 1. The first-order chi connectivity index (χ1) is 8.56. The zero-order valence-electron chi connectivity index (χ0n) is 11.3. The molecule has 0 aliphatic heterocycles. The summed E-state index contributed by atoms with van der Waals surface area (Å²) >= 11 is 1.54. The van der Waals surface area contributed by atoms with Crippen LogP contribution in [0.1, 0.15) is 37.4 Å². The van der Waals surface area contributed by atoms with Crippen molar-refractivity contribution in [2.24, 2.45) is 5.92 Å². The quantitative estimate of drug-likeness (QED) is 0.795. The van der Waals surface area contributed by atoms with Crippen LogP contribution in [0.3, 0.4) is 0 Å². The maximum Gasteiger partial charge on any atom is 0.226 e. The number of amides is 1. The Hall–Kier alpha value is -0.940. The van der Waals surface area contributed by atoms with Gasteiger partial charge >= 0.3 is 0 Å². The molecule has 0 bridgehead atoms. The first kappa shape index (κ1) is 15.1. The van der Waals surface area contributed by atoms with E-state index in [0.29, 0.717) is 13.0 Å². The van der Waals surface area contributed by atoms with Gasteiger partial charge in [-0.1, -0.05) is 26.7 Å². The summed E-state index contributed by atoms with van der Waals surface area (Å²) in [5.41, 5.74) is 0.798. The van der Waals surface area contributed by atoms with E-state index in [1.807, 2.05) is 12.3 Å². The fraction of sp³-hybridized carbons (Fsp3) is 0.692. The summed E-state index contributed by atoms with van der Waals surface area (Å²) in [6.07, 6.45) is 1.69. The van der Waals surface area contributed by atoms with Crippen LogP contribution in [0.4, 0.5) is 0 Å². The van der Waals surface area contributed by atoms with Gasteiger partial charge in [-0.3, -0.25) is 4.79 Å². The number of aliphatic hydroxyl groups excluding tert-OH is 1. The molecule has 1 unspecified atom stereocenters. The van der Waals surface area contributed by atoms with E-state index in [-0.39, 0.29) is 11.8 Å². The van der Waals surface area contributed by atoms with Gasteiger partial charge in [-0.25, -0.2) is 4.98 Å². The average Bonchev–Trinajstić information content (AvgIpc) is 2.73. The normalized spacial score (nSPS) is 12.7. The third-order valence-corrected chi connectivity index (χ3v) is 3.93. The maximum atomic E-state index is 11.7. The molecule has 1 aromatic rings. The molecule has 4 nitrogen and oxygen atoms in total. The fourth-order valence-corrected chi connectivity index (χ4v) is 2.55. The molecule has 1 amide bonds. The second-order valence-electron chi connectivity index (χ2n) is 4.48. The van der Waals surface area contributed by atoms with E-state index < -0.39 is 6.10 Å². The minimum atomic E-state index is -0.457. The number of carbonyl (C=O) groups excluding carboxylic acids is 1. The van der Waals surface area contributed by atoms with Gasteiger partial charge in [0.2, 0.25) is 5.91 Å². The van der Waals surface area contributed by atoms with Crippen LogP contribution in [0.2, 0.25) is 0 Å². The minimum Gasteiger partial charge on any atom is -0.391 e. The second-order valence-corrected chi connectivity index (χ2v) is 5.54. The zero-order valence-corrected chi connectivity index (χ0v) is 12.1. The smallest absolute Gasteiger partial charge is 0.226 e. The van der Waals surface area contributed by atoms with Gasteiger partial charge in [-0.2, -0.15) is 0 Å². The van der Waals surface area contributed by atoms with Crippen molar-refractivity contribution < 1.29 is 9.90 Å². The highest BCUT2D eigenvalue weighted by Gasteiger charge is 2.16. The van der Waals surface area contributed by atoms with Crippen LogP contribution in [-0.2, 0) is 11.2 Å². The number of aromatic nitrogens is 1. The number of aliphatic hydroxyl groups is 1. The van der Waals surface area contributed by atoms with Crippen molar-refractivity contribution in [1.29, 1.82) is 0 Å². The molecule has 5 heteroatoms. The van der Waals surface area contributed by atoms with E-state index in [4.69, 9.17) is 0 Å². The van der Waals surface area contributed by atoms with E-state index >= 15 is 0 Å². The molecule has 0 radical (unpaired) electrons. The Bertz CT molecular complexity index is 375. The van der Waals surface area contributed by atoms with Crippen LogP contribution in [-0.4, -0.2) is 28.6 Å². The van der Waals surface area contributed by atoms with Crippen LogP contribution < -0.4 is 5.32 Å². The number of thiazole rings is 1. The maximum absolute atomic E-state index is 11.7. The summed E-state index contributed by atoms with van der Waals surface area (Å²) in [6.45, 7) is 6.35. The molecule has 1 aromatic heterocycles. The zero-order chi connectivity index (χ0) is 13.5. The van der Waals surface area contributed by atoms with Gasteiger partial charge in [0.05, 0.1) is 23.2 Å². The van der Waals surface area contributed by atoms with E-state index in [9.17, 15) is 9.90 Å². The number of nitrogens with zero attached hydrogens (tertiary/aromatic N) is 1. The molecule has 0 spiro atoms. The molecule has 1 atom stereocenters. The number of aryl methyl sites for hydroxylation is 1. The van der Waals surface area contributed by atoms with E-state index in [2.05, 4.69) is 24.1 Å². The van der Waals surface area contributed by atoms with Crippen LogP contribution in [0.5, 0.6) is 0 Å². The standard InChI is InChI=1S/C13H22N2O2S/c1-4-10(5-2)12(16)7-14-13(17)6-11-8-18-9(3)15-11/h8,10,12,16H,4-7H2,1-3H3,(H,14,17). The molecule has 0 aliphatic carbocycles. The van der Waals surface area contributed by atoms with Crippen LogP contribution in [0.15, 0.2) is 5.38 Å². The third-order valence-electron chi connectivity index (χ3n) is 3.11.